The summed E-state index contributed by atoms with van der Waals surface area (Å²) in [5.41, 5.74) is 2.85. The maximum absolute atomic E-state index is 6.12. The SMILES string of the molecule is ClC1C=C(Cc2cccc(Br)c2)CCC1. The zero-order chi connectivity index (χ0) is 10.7. The van der Waals surface area contributed by atoms with Crippen molar-refractivity contribution < 1.29 is 0 Å². The molecule has 0 amide bonds. The number of benzene rings is 1. The molecule has 80 valence electrons. The lowest BCUT2D eigenvalue weighted by atomic mass is 9.94. The Kier molecular flexibility index (Phi) is 3.87. The van der Waals surface area contributed by atoms with E-state index in [1.54, 1.807) is 0 Å². The van der Waals surface area contributed by atoms with Gasteiger partial charge in [0.25, 0.3) is 0 Å². The van der Waals surface area contributed by atoms with Crippen LogP contribution in [0.3, 0.4) is 0 Å². The van der Waals surface area contributed by atoms with Gasteiger partial charge in [-0.25, -0.2) is 0 Å². The molecule has 0 nitrogen and oxygen atoms in total. The van der Waals surface area contributed by atoms with Crippen LogP contribution in [0.25, 0.3) is 0 Å². The molecule has 0 saturated heterocycles. The highest BCUT2D eigenvalue weighted by Gasteiger charge is 2.11. The number of allylic oxidation sites excluding steroid dienone is 2. The molecular formula is C13H14BrCl. The molecule has 15 heavy (non-hydrogen) atoms. The molecule has 0 bridgehead atoms. The second-order valence-corrected chi connectivity index (χ2v) is 5.52. The minimum Gasteiger partial charge on any atom is -0.118 e. The summed E-state index contributed by atoms with van der Waals surface area (Å²) in [4.78, 5) is 0. The summed E-state index contributed by atoms with van der Waals surface area (Å²) >= 11 is 9.62. The van der Waals surface area contributed by atoms with Crippen LogP contribution < -0.4 is 0 Å². The first-order chi connectivity index (χ1) is 7.24. The third kappa shape index (κ3) is 3.35. The third-order valence-corrected chi connectivity index (χ3v) is 3.55. The van der Waals surface area contributed by atoms with Crippen LogP contribution in [0.4, 0.5) is 0 Å². The molecule has 0 aromatic heterocycles. The van der Waals surface area contributed by atoms with Crippen molar-refractivity contribution in [2.24, 2.45) is 0 Å². The summed E-state index contributed by atoms with van der Waals surface area (Å²) < 4.78 is 1.15. The van der Waals surface area contributed by atoms with E-state index in [1.165, 1.54) is 24.0 Å². The normalized spacial score (nSPS) is 21.2. The van der Waals surface area contributed by atoms with Crippen molar-refractivity contribution in [2.45, 2.75) is 31.1 Å². The van der Waals surface area contributed by atoms with Gasteiger partial charge in [0.1, 0.15) is 0 Å². The van der Waals surface area contributed by atoms with E-state index in [0.29, 0.717) is 0 Å². The van der Waals surface area contributed by atoms with Crippen molar-refractivity contribution in [1.29, 1.82) is 0 Å². The molecule has 1 atom stereocenters. The van der Waals surface area contributed by atoms with Gasteiger partial charge in [-0.15, -0.1) is 11.6 Å². The van der Waals surface area contributed by atoms with Crippen molar-refractivity contribution >= 4 is 27.5 Å². The van der Waals surface area contributed by atoms with Crippen LogP contribution >= 0.6 is 27.5 Å². The van der Waals surface area contributed by atoms with Crippen molar-refractivity contribution in [2.75, 3.05) is 0 Å². The lowest BCUT2D eigenvalue weighted by Gasteiger charge is -2.16. The van der Waals surface area contributed by atoms with Crippen LogP contribution in [0, 0.1) is 0 Å². The van der Waals surface area contributed by atoms with E-state index in [9.17, 15) is 0 Å². The highest BCUT2D eigenvalue weighted by molar-refractivity contribution is 9.10. The van der Waals surface area contributed by atoms with E-state index in [2.05, 4.69) is 46.3 Å². The van der Waals surface area contributed by atoms with Crippen LogP contribution in [0.2, 0.25) is 0 Å². The standard InChI is InChI=1S/C13H14BrCl/c14-12-5-1-3-10(8-12)7-11-4-2-6-13(15)9-11/h1,3,5,8-9,13H,2,4,6-7H2. The number of hydrogen-bond donors (Lipinski definition) is 0. The van der Waals surface area contributed by atoms with Crippen molar-refractivity contribution in [3.63, 3.8) is 0 Å². The van der Waals surface area contributed by atoms with E-state index in [0.717, 1.165) is 17.3 Å². The summed E-state index contributed by atoms with van der Waals surface area (Å²) in [5, 5.41) is 0.251. The second-order valence-electron chi connectivity index (χ2n) is 4.04. The molecule has 0 saturated carbocycles. The van der Waals surface area contributed by atoms with E-state index in [4.69, 9.17) is 11.6 Å². The van der Waals surface area contributed by atoms with Crippen LogP contribution in [0.1, 0.15) is 24.8 Å². The molecule has 1 unspecified atom stereocenters. The van der Waals surface area contributed by atoms with Gasteiger partial charge in [0, 0.05) is 4.47 Å². The number of alkyl halides is 1. The smallest absolute Gasteiger partial charge is 0.0518 e. The number of halogens is 2. The average Bonchev–Trinajstić information content (AvgIpc) is 2.17. The van der Waals surface area contributed by atoms with Crippen LogP contribution in [-0.2, 0) is 6.42 Å². The van der Waals surface area contributed by atoms with Crippen LogP contribution in [-0.4, -0.2) is 5.38 Å². The highest BCUT2D eigenvalue weighted by atomic mass is 79.9. The van der Waals surface area contributed by atoms with E-state index < -0.39 is 0 Å². The van der Waals surface area contributed by atoms with Gasteiger partial charge >= 0.3 is 0 Å². The van der Waals surface area contributed by atoms with Crippen molar-refractivity contribution in [3.05, 3.63) is 46.0 Å². The van der Waals surface area contributed by atoms with Crippen molar-refractivity contribution in [1.82, 2.24) is 0 Å². The molecule has 0 heterocycles. The van der Waals surface area contributed by atoms with E-state index >= 15 is 0 Å². The molecule has 0 N–H and O–H groups in total. The number of hydrogen-bond acceptors (Lipinski definition) is 0. The Morgan fingerprint density at radius 2 is 2.27 bits per heavy atom. The molecule has 1 aliphatic carbocycles. The zero-order valence-corrected chi connectivity index (χ0v) is 10.9. The average molecular weight is 286 g/mol. The first-order valence-corrected chi connectivity index (χ1v) is 6.55. The molecule has 2 rings (SSSR count). The molecular weight excluding hydrogens is 272 g/mol. The minimum absolute atomic E-state index is 0.251. The Morgan fingerprint density at radius 3 is 3.00 bits per heavy atom. The fourth-order valence-electron chi connectivity index (χ4n) is 2.00. The molecule has 2 heteroatoms. The van der Waals surface area contributed by atoms with E-state index in [-0.39, 0.29) is 5.38 Å². The predicted molar refractivity (Wildman–Crippen MR) is 69.4 cm³/mol. The summed E-state index contributed by atoms with van der Waals surface area (Å²) in [5.74, 6) is 0. The number of rotatable bonds is 2. The Morgan fingerprint density at radius 1 is 1.40 bits per heavy atom. The Labute approximate surface area is 104 Å². The first kappa shape index (κ1) is 11.2. The second kappa shape index (κ2) is 5.18. The minimum atomic E-state index is 0.251. The monoisotopic (exact) mass is 284 g/mol. The summed E-state index contributed by atoms with van der Waals surface area (Å²) in [6.07, 6.45) is 6.84. The Bertz CT molecular complexity index is 371. The fraction of sp³-hybridized carbons (Fsp3) is 0.385. The van der Waals surface area contributed by atoms with Gasteiger partial charge in [-0.05, 0) is 43.4 Å². The lowest BCUT2D eigenvalue weighted by Crippen LogP contribution is -2.05. The summed E-state index contributed by atoms with van der Waals surface area (Å²) in [6.45, 7) is 0. The first-order valence-electron chi connectivity index (χ1n) is 5.32. The van der Waals surface area contributed by atoms with Gasteiger partial charge in [-0.1, -0.05) is 39.7 Å². The lowest BCUT2D eigenvalue weighted by molar-refractivity contribution is 0.693. The molecule has 0 radical (unpaired) electrons. The zero-order valence-electron chi connectivity index (χ0n) is 8.55. The molecule has 1 aliphatic rings. The fourth-order valence-corrected chi connectivity index (χ4v) is 2.78. The molecule has 0 fully saturated rings. The maximum Gasteiger partial charge on any atom is 0.0518 e. The van der Waals surface area contributed by atoms with E-state index in [1.807, 2.05) is 0 Å². The Hall–Kier alpha value is -0.270. The molecule has 1 aromatic carbocycles. The van der Waals surface area contributed by atoms with Gasteiger partial charge in [0.2, 0.25) is 0 Å². The third-order valence-electron chi connectivity index (χ3n) is 2.71. The Balaban J connectivity index is 2.08. The molecule has 0 aliphatic heterocycles. The topological polar surface area (TPSA) is 0 Å². The largest absolute Gasteiger partial charge is 0.118 e. The highest BCUT2D eigenvalue weighted by Crippen LogP contribution is 2.25. The van der Waals surface area contributed by atoms with Crippen LogP contribution in [0.15, 0.2) is 40.4 Å². The molecule has 1 aromatic rings. The molecule has 0 spiro atoms. The van der Waals surface area contributed by atoms with Gasteiger partial charge in [-0.3, -0.25) is 0 Å². The summed E-state index contributed by atoms with van der Waals surface area (Å²) in [6, 6.07) is 8.49. The predicted octanol–water partition coefficient (Wildman–Crippen LogP) is 4.71. The summed E-state index contributed by atoms with van der Waals surface area (Å²) in [7, 11) is 0. The van der Waals surface area contributed by atoms with Gasteiger partial charge in [0.05, 0.1) is 5.38 Å². The van der Waals surface area contributed by atoms with Crippen LogP contribution in [0.5, 0.6) is 0 Å². The van der Waals surface area contributed by atoms with Gasteiger partial charge in [0.15, 0.2) is 0 Å². The van der Waals surface area contributed by atoms with Gasteiger partial charge in [-0.2, -0.15) is 0 Å². The quantitative estimate of drug-likeness (QED) is 0.545. The van der Waals surface area contributed by atoms with Crippen molar-refractivity contribution in [3.8, 4) is 0 Å². The van der Waals surface area contributed by atoms with Gasteiger partial charge < -0.3 is 0 Å². The maximum atomic E-state index is 6.12.